The summed E-state index contributed by atoms with van der Waals surface area (Å²) in [7, 11) is 2.09. The number of nitrogens with one attached hydrogen (secondary N) is 1. The second kappa shape index (κ2) is 7.68. The van der Waals surface area contributed by atoms with Crippen LogP contribution in [-0.2, 0) is 0 Å². The van der Waals surface area contributed by atoms with Gasteiger partial charge in [0, 0.05) is 6.04 Å². The van der Waals surface area contributed by atoms with Crippen LogP contribution in [0, 0.1) is 5.92 Å². The highest BCUT2D eigenvalue weighted by molar-refractivity contribution is 5.29. The van der Waals surface area contributed by atoms with Gasteiger partial charge in [0.05, 0.1) is 6.10 Å². The van der Waals surface area contributed by atoms with Crippen LogP contribution in [0.5, 0.6) is 5.75 Å². The van der Waals surface area contributed by atoms with E-state index < -0.39 is 0 Å². The van der Waals surface area contributed by atoms with Gasteiger partial charge in [-0.25, -0.2) is 0 Å². The minimum atomic E-state index is 0.239. The van der Waals surface area contributed by atoms with Crippen molar-refractivity contribution in [2.75, 3.05) is 7.05 Å². The molecule has 0 saturated heterocycles. The zero-order valence-corrected chi connectivity index (χ0v) is 13.2. The third kappa shape index (κ3) is 4.24. The Morgan fingerprint density at radius 1 is 1.00 bits per heavy atom. The maximum Gasteiger partial charge on any atom is 0.119 e. The Balaban J connectivity index is 2.06. The Bertz CT molecular complexity index is 377. The fourth-order valence-electron chi connectivity index (χ4n) is 3.34. The number of benzene rings is 1. The molecule has 1 aliphatic rings. The van der Waals surface area contributed by atoms with Crippen LogP contribution in [0.3, 0.4) is 0 Å². The summed E-state index contributed by atoms with van der Waals surface area (Å²) in [6.45, 7) is 4.13. The van der Waals surface area contributed by atoms with E-state index in [1.807, 2.05) is 0 Å². The largest absolute Gasteiger partial charge is 0.491 e. The molecule has 1 N–H and O–H groups in total. The molecule has 1 fully saturated rings. The molecule has 2 rings (SSSR count). The molecule has 1 aliphatic carbocycles. The van der Waals surface area contributed by atoms with Gasteiger partial charge in [-0.2, -0.15) is 0 Å². The maximum absolute atomic E-state index is 5.73. The maximum atomic E-state index is 5.73. The van der Waals surface area contributed by atoms with Crippen LogP contribution in [0.2, 0.25) is 0 Å². The third-order valence-electron chi connectivity index (χ3n) is 4.29. The van der Waals surface area contributed by atoms with Crippen LogP contribution in [0.4, 0.5) is 0 Å². The summed E-state index contributed by atoms with van der Waals surface area (Å²) in [5.74, 6) is 1.75. The third-order valence-corrected chi connectivity index (χ3v) is 4.29. The first-order valence-corrected chi connectivity index (χ1v) is 8.14. The lowest BCUT2D eigenvalue weighted by atomic mass is 9.87. The Morgan fingerprint density at radius 3 is 2.10 bits per heavy atom. The van der Waals surface area contributed by atoms with E-state index in [0.717, 1.165) is 11.7 Å². The van der Waals surface area contributed by atoms with Gasteiger partial charge < -0.3 is 10.1 Å². The highest BCUT2D eigenvalue weighted by Crippen LogP contribution is 2.33. The fourth-order valence-corrected chi connectivity index (χ4v) is 3.34. The van der Waals surface area contributed by atoms with Crippen molar-refractivity contribution in [1.29, 1.82) is 0 Å². The minimum Gasteiger partial charge on any atom is -0.491 e. The summed E-state index contributed by atoms with van der Waals surface area (Å²) < 4.78 is 5.73. The molecule has 0 amide bonds. The molecular weight excluding hydrogens is 246 g/mol. The molecule has 0 aliphatic heterocycles. The van der Waals surface area contributed by atoms with Crippen LogP contribution in [0.1, 0.15) is 64.0 Å². The number of hydrogen-bond donors (Lipinski definition) is 1. The van der Waals surface area contributed by atoms with Gasteiger partial charge in [0.15, 0.2) is 0 Å². The van der Waals surface area contributed by atoms with Crippen LogP contribution in [0.15, 0.2) is 24.3 Å². The Morgan fingerprint density at radius 2 is 1.60 bits per heavy atom. The molecule has 112 valence electrons. The van der Waals surface area contributed by atoms with Crippen LogP contribution < -0.4 is 10.1 Å². The number of hydrogen-bond acceptors (Lipinski definition) is 2. The van der Waals surface area contributed by atoms with Crippen LogP contribution in [-0.4, -0.2) is 13.2 Å². The van der Waals surface area contributed by atoms with Gasteiger partial charge in [0.1, 0.15) is 5.75 Å². The van der Waals surface area contributed by atoms with E-state index in [2.05, 4.69) is 50.5 Å². The summed E-state index contributed by atoms with van der Waals surface area (Å²) in [6.07, 6.45) is 8.55. The molecule has 0 spiro atoms. The highest BCUT2D eigenvalue weighted by Gasteiger charge is 2.22. The summed E-state index contributed by atoms with van der Waals surface area (Å²) >= 11 is 0. The smallest absolute Gasteiger partial charge is 0.119 e. The fraction of sp³-hybridized carbons (Fsp3) is 0.667. The Hall–Kier alpha value is -1.02. The normalized spacial score (nSPS) is 18.8. The lowest BCUT2D eigenvalue weighted by Gasteiger charge is -2.26. The van der Waals surface area contributed by atoms with E-state index >= 15 is 0 Å². The van der Waals surface area contributed by atoms with Crippen molar-refractivity contribution in [3.05, 3.63) is 29.8 Å². The molecule has 0 heterocycles. The van der Waals surface area contributed by atoms with Crippen molar-refractivity contribution < 1.29 is 4.74 Å². The van der Waals surface area contributed by atoms with Gasteiger partial charge in [-0.3, -0.25) is 0 Å². The first kappa shape index (κ1) is 15.4. The van der Waals surface area contributed by atoms with Crippen molar-refractivity contribution in [2.45, 2.75) is 64.5 Å². The van der Waals surface area contributed by atoms with Crippen LogP contribution >= 0.6 is 0 Å². The van der Waals surface area contributed by atoms with Gasteiger partial charge in [-0.05, 0) is 57.4 Å². The quantitative estimate of drug-likeness (QED) is 0.786. The standard InChI is InChI=1S/C18H29NO/c1-14(2)20-17-12-10-16(11-13-17)18(19-3)15-8-6-4-5-7-9-15/h10-15,18-19H,4-9H2,1-3H3. The molecule has 0 radical (unpaired) electrons. The predicted molar refractivity (Wildman–Crippen MR) is 85.2 cm³/mol. The van der Waals surface area contributed by atoms with Crippen molar-refractivity contribution >= 4 is 0 Å². The second-order valence-corrected chi connectivity index (χ2v) is 6.25. The first-order valence-electron chi connectivity index (χ1n) is 8.14. The molecule has 0 aromatic heterocycles. The number of ether oxygens (including phenoxy) is 1. The summed E-state index contributed by atoms with van der Waals surface area (Å²) in [4.78, 5) is 0. The van der Waals surface area contributed by atoms with Crippen molar-refractivity contribution in [1.82, 2.24) is 5.32 Å². The summed E-state index contributed by atoms with van der Waals surface area (Å²) in [5, 5.41) is 3.54. The van der Waals surface area contributed by atoms with E-state index in [1.54, 1.807) is 0 Å². The Kier molecular flexibility index (Phi) is 5.90. The monoisotopic (exact) mass is 275 g/mol. The molecule has 2 heteroatoms. The van der Waals surface area contributed by atoms with E-state index in [4.69, 9.17) is 4.74 Å². The van der Waals surface area contributed by atoms with E-state index in [-0.39, 0.29) is 6.10 Å². The molecule has 0 bridgehead atoms. The van der Waals surface area contributed by atoms with Gasteiger partial charge in [0.25, 0.3) is 0 Å². The first-order chi connectivity index (χ1) is 9.70. The number of rotatable bonds is 5. The predicted octanol–water partition coefficient (Wildman–Crippen LogP) is 4.70. The van der Waals surface area contributed by atoms with Crippen LogP contribution in [0.25, 0.3) is 0 Å². The van der Waals surface area contributed by atoms with Gasteiger partial charge in [-0.15, -0.1) is 0 Å². The molecule has 2 nitrogen and oxygen atoms in total. The molecule has 20 heavy (non-hydrogen) atoms. The molecule has 1 atom stereocenters. The van der Waals surface area contributed by atoms with Crippen molar-refractivity contribution in [3.8, 4) is 5.75 Å². The average molecular weight is 275 g/mol. The van der Waals surface area contributed by atoms with E-state index in [9.17, 15) is 0 Å². The summed E-state index contributed by atoms with van der Waals surface area (Å²) in [6, 6.07) is 9.15. The van der Waals surface area contributed by atoms with Gasteiger partial charge in [-0.1, -0.05) is 37.8 Å². The van der Waals surface area contributed by atoms with Gasteiger partial charge >= 0.3 is 0 Å². The Labute approximate surface area is 123 Å². The molecule has 1 aromatic carbocycles. The topological polar surface area (TPSA) is 21.3 Å². The SMILES string of the molecule is CNC(c1ccc(OC(C)C)cc1)C1CCCCCC1. The van der Waals surface area contributed by atoms with Crippen molar-refractivity contribution in [2.24, 2.45) is 5.92 Å². The zero-order chi connectivity index (χ0) is 14.4. The second-order valence-electron chi connectivity index (χ2n) is 6.25. The lowest BCUT2D eigenvalue weighted by Crippen LogP contribution is -2.25. The lowest BCUT2D eigenvalue weighted by molar-refractivity contribution is 0.242. The van der Waals surface area contributed by atoms with E-state index in [1.165, 1.54) is 44.1 Å². The average Bonchev–Trinajstić information content (AvgIpc) is 2.70. The highest BCUT2D eigenvalue weighted by atomic mass is 16.5. The molecular formula is C18H29NO. The molecule has 1 unspecified atom stereocenters. The molecule has 1 saturated carbocycles. The van der Waals surface area contributed by atoms with E-state index in [0.29, 0.717) is 6.04 Å². The molecule has 1 aromatic rings. The minimum absolute atomic E-state index is 0.239. The zero-order valence-electron chi connectivity index (χ0n) is 13.2. The van der Waals surface area contributed by atoms with Gasteiger partial charge in [0.2, 0.25) is 0 Å². The summed E-state index contributed by atoms with van der Waals surface area (Å²) in [5.41, 5.74) is 1.40. The van der Waals surface area contributed by atoms with Crippen molar-refractivity contribution in [3.63, 3.8) is 0 Å².